The first-order valence-electron chi connectivity index (χ1n) is 5.45. The molecular weight excluding hydrogens is 296 g/mol. The van der Waals surface area contributed by atoms with Gasteiger partial charge in [0.15, 0.2) is 0 Å². The molecule has 1 unspecified atom stereocenters. The van der Waals surface area contributed by atoms with Gasteiger partial charge in [-0.15, -0.1) is 0 Å². The Balaban J connectivity index is 2.39. The highest BCUT2D eigenvalue weighted by Crippen LogP contribution is 2.28. The van der Waals surface area contributed by atoms with Crippen LogP contribution in [0, 0.1) is 0 Å². The summed E-state index contributed by atoms with van der Waals surface area (Å²) in [5.74, 6) is 6.48. The molecule has 5 nitrogen and oxygen atoms in total. The van der Waals surface area contributed by atoms with Crippen LogP contribution in [0.4, 0.5) is 0 Å². The van der Waals surface area contributed by atoms with Crippen LogP contribution in [0.2, 0.25) is 0 Å². The van der Waals surface area contributed by atoms with Crippen molar-refractivity contribution in [2.24, 2.45) is 12.9 Å². The Bertz CT molecular complexity index is 504. The monoisotopic (exact) mass is 310 g/mol. The zero-order valence-electron chi connectivity index (χ0n) is 10.2. The number of aryl methyl sites for hydroxylation is 1. The average molecular weight is 311 g/mol. The number of ether oxygens (including phenoxy) is 1. The molecule has 2 rings (SSSR count). The highest BCUT2D eigenvalue weighted by atomic mass is 79.9. The molecular formula is C12H15BrN4O. The second-order valence-corrected chi connectivity index (χ2v) is 4.73. The van der Waals surface area contributed by atoms with Gasteiger partial charge in [0.05, 0.1) is 29.5 Å². The zero-order valence-corrected chi connectivity index (χ0v) is 11.8. The lowest BCUT2D eigenvalue weighted by molar-refractivity contribution is 0.414. The number of methoxy groups -OCH3 is 1. The second kappa shape index (κ2) is 5.51. The van der Waals surface area contributed by atoms with E-state index in [0.29, 0.717) is 0 Å². The van der Waals surface area contributed by atoms with Crippen LogP contribution in [-0.2, 0) is 7.05 Å². The van der Waals surface area contributed by atoms with E-state index in [2.05, 4.69) is 26.5 Å². The number of hydrogen-bond acceptors (Lipinski definition) is 4. The van der Waals surface area contributed by atoms with E-state index in [4.69, 9.17) is 10.6 Å². The van der Waals surface area contributed by atoms with Crippen LogP contribution in [0.25, 0.3) is 0 Å². The van der Waals surface area contributed by atoms with Gasteiger partial charge in [0.2, 0.25) is 0 Å². The summed E-state index contributed by atoms with van der Waals surface area (Å²) < 4.78 is 7.85. The minimum Gasteiger partial charge on any atom is -0.497 e. The number of nitrogens with two attached hydrogens (primary N) is 1. The van der Waals surface area contributed by atoms with E-state index in [-0.39, 0.29) is 6.04 Å². The highest BCUT2D eigenvalue weighted by molar-refractivity contribution is 9.10. The number of nitrogens with zero attached hydrogens (tertiary/aromatic N) is 2. The summed E-state index contributed by atoms with van der Waals surface area (Å²) in [5.41, 5.74) is 4.83. The lowest BCUT2D eigenvalue weighted by Gasteiger charge is -2.17. The third kappa shape index (κ3) is 2.40. The van der Waals surface area contributed by atoms with Crippen molar-refractivity contribution in [3.8, 4) is 5.75 Å². The number of benzene rings is 1. The summed E-state index contributed by atoms with van der Waals surface area (Å²) in [6.07, 6.45) is 1.75. The summed E-state index contributed by atoms with van der Waals surface area (Å²) in [6.45, 7) is 0. The lowest BCUT2D eigenvalue weighted by Crippen LogP contribution is -2.30. The van der Waals surface area contributed by atoms with Crippen molar-refractivity contribution in [2.75, 3.05) is 7.11 Å². The maximum atomic E-state index is 5.66. The molecule has 1 aromatic carbocycles. The third-order valence-electron chi connectivity index (χ3n) is 2.83. The zero-order chi connectivity index (χ0) is 13.1. The standard InChI is InChI=1S/C12H15BrN4O/c1-17-12(10(13)7-15-17)11(16-14)8-3-5-9(18-2)6-4-8/h3-7,11,16H,14H2,1-2H3. The van der Waals surface area contributed by atoms with E-state index in [1.54, 1.807) is 18.0 Å². The van der Waals surface area contributed by atoms with E-state index >= 15 is 0 Å². The van der Waals surface area contributed by atoms with E-state index < -0.39 is 0 Å². The van der Waals surface area contributed by atoms with Crippen molar-refractivity contribution in [1.29, 1.82) is 0 Å². The topological polar surface area (TPSA) is 65.1 Å². The molecule has 2 aromatic rings. The van der Waals surface area contributed by atoms with E-state index in [0.717, 1.165) is 21.5 Å². The van der Waals surface area contributed by atoms with E-state index in [1.165, 1.54) is 0 Å². The number of rotatable bonds is 4. The number of hydrazine groups is 1. The van der Waals surface area contributed by atoms with Gasteiger partial charge in [-0.05, 0) is 33.6 Å². The lowest BCUT2D eigenvalue weighted by atomic mass is 10.0. The number of aromatic nitrogens is 2. The fourth-order valence-corrected chi connectivity index (χ4v) is 2.45. The summed E-state index contributed by atoms with van der Waals surface area (Å²) in [4.78, 5) is 0. The average Bonchev–Trinajstić information content (AvgIpc) is 2.72. The van der Waals surface area contributed by atoms with Crippen LogP contribution in [0.5, 0.6) is 5.75 Å². The molecule has 0 bridgehead atoms. The van der Waals surface area contributed by atoms with E-state index in [9.17, 15) is 0 Å². The molecule has 1 atom stereocenters. The molecule has 0 spiro atoms. The Kier molecular flexibility index (Phi) is 4.00. The van der Waals surface area contributed by atoms with Gasteiger partial charge in [0.25, 0.3) is 0 Å². The Morgan fingerprint density at radius 3 is 2.50 bits per heavy atom. The smallest absolute Gasteiger partial charge is 0.118 e. The minimum atomic E-state index is -0.127. The molecule has 0 saturated carbocycles. The number of hydrogen-bond donors (Lipinski definition) is 2. The normalized spacial score (nSPS) is 12.4. The van der Waals surface area contributed by atoms with Crippen LogP contribution in [0.1, 0.15) is 17.3 Å². The fraction of sp³-hybridized carbons (Fsp3) is 0.250. The fourth-order valence-electron chi connectivity index (χ4n) is 1.87. The summed E-state index contributed by atoms with van der Waals surface area (Å²) in [7, 11) is 3.53. The third-order valence-corrected chi connectivity index (χ3v) is 3.44. The molecule has 0 saturated heterocycles. The SMILES string of the molecule is COc1ccc(C(NN)c2c(Br)cnn2C)cc1. The van der Waals surface area contributed by atoms with Crippen LogP contribution < -0.4 is 16.0 Å². The summed E-state index contributed by atoms with van der Waals surface area (Å²) in [6, 6.07) is 7.64. The molecule has 0 fully saturated rings. The highest BCUT2D eigenvalue weighted by Gasteiger charge is 2.19. The van der Waals surface area contributed by atoms with Crippen LogP contribution in [-0.4, -0.2) is 16.9 Å². The van der Waals surface area contributed by atoms with Crippen LogP contribution >= 0.6 is 15.9 Å². The van der Waals surface area contributed by atoms with Crippen molar-refractivity contribution >= 4 is 15.9 Å². The molecule has 6 heteroatoms. The largest absolute Gasteiger partial charge is 0.497 e. The second-order valence-electron chi connectivity index (χ2n) is 3.87. The van der Waals surface area contributed by atoms with Gasteiger partial charge in [-0.2, -0.15) is 5.10 Å². The molecule has 0 aliphatic carbocycles. The number of halogens is 1. The van der Waals surface area contributed by atoms with E-state index in [1.807, 2.05) is 31.3 Å². The van der Waals surface area contributed by atoms with Crippen molar-refractivity contribution in [3.63, 3.8) is 0 Å². The first-order valence-corrected chi connectivity index (χ1v) is 6.24. The Morgan fingerprint density at radius 1 is 1.39 bits per heavy atom. The van der Waals surface area contributed by atoms with Crippen LogP contribution in [0.15, 0.2) is 34.9 Å². The van der Waals surface area contributed by atoms with Gasteiger partial charge in [0, 0.05) is 7.05 Å². The van der Waals surface area contributed by atoms with Gasteiger partial charge in [-0.25, -0.2) is 5.43 Å². The van der Waals surface area contributed by atoms with Gasteiger partial charge < -0.3 is 4.74 Å². The van der Waals surface area contributed by atoms with Crippen molar-refractivity contribution in [1.82, 2.24) is 15.2 Å². The molecule has 0 aliphatic heterocycles. The van der Waals surface area contributed by atoms with Crippen molar-refractivity contribution in [3.05, 3.63) is 46.2 Å². The quantitative estimate of drug-likeness (QED) is 0.667. The molecule has 96 valence electrons. The molecule has 0 radical (unpaired) electrons. The molecule has 18 heavy (non-hydrogen) atoms. The summed E-state index contributed by atoms with van der Waals surface area (Å²) in [5, 5.41) is 4.19. The maximum absolute atomic E-state index is 5.66. The Hall–Kier alpha value is -1.37. The first-order chi connectivity index (χ1) is 8.67. The molecule has 3 N–H and O–H groups in total. The maximum Gasteiger partial charge on any atom is 0.118 e. The first kappa shape index (κ1) is 13.1. The van der Waals surface area contributed by atoms with Crippen molar-refractivity contribution in [2.45, 2.75) is 6.04 Å². The van der Waals surface area contributed by atoms with Gasteiger partial charge in [-0.3, -0.25) is 10.5 Å². The summed E-state index contributed by atoms with van der Waals surface area (Å²) >= 11 is 3.48. The van der Waals surface area contributed by atoms with Crippen LogP contribution in [0.3, 0.4) is 0 Å². The predicted molar refractivity (Wildman–Crippen MR) is 73.1 cm³/mol. The van der Waals surface area contributed by atoms with Gasteiger partial charge in [-0.1, -0.05) is 12.1 Å². The molecule has 0 amide bonds. The predicted octanol–water partition coefficient (Wildman–Crippen LogP) is 1.74. The van der Waals surface area contributed by atoms with Gasteiger partial charge >= 0.3 is 0 Å². The van der Waals surface area contributed by atoms with Gasteiger partial charge in [0.1, 0.15) is 5.75 Å². The number of nitrogens with one attached hydrogen (secondary N) is 1. The Labute approximate surface area is 114 Å². The molecule has 0 aliphatic rings. The molecule has 1 heterocycles. The molecule has 1 aromatic heterocycles. The minimum absolute atomic E-state index is 0.127. The Morgan fingerprint density at radius 2 is 2.06 bits per heavy atom. The van der Waals surface area contributed by atoms with Crippen molar-refractivity contribution < 1.29 is 4.74 Å².